The van der Waals surface area contributed by atoms with Crippen LogP contribution in [-0.4, -0.2) is 15.7 Å². The lowest BCUT2D eigenvalue weighted by Crippen LogP contribution is -2.17. The zero-order chi connectivity index (χ0) is 19.0. The van der Waals surface area contributed by atoms with Crippen molar-refractivity contribution in [1.82, 2.24) is 9.78 Å². The Kier molecular flexibility index (Phi) is 4.08. The van der Waals surface area contributed by atoms with E-state index in [1.54, 1.807) is 35.0 Å². The van der Waals surface area contributed by atoms with Crippen molar-refractivity contribution in [2.75, 3.05) is 5.32 Å². The lowest BCUT2D eigenvalue weighted by molar-refractivity contribution is 0.0996. The van der Waals surface area contributed by atoms with Gasteiger partial charge in [-0.1, -0.05) is 30.3 Å². The molecule has 2 aromatic carbocycles. The number of carbonyl (C=O) groups excluding carboxylic acids is 1. The number of carbonyl (C=O) groups is 1. The fourth-order valence-electron chi connectivity index (χ4n) is 2.97. The molecule has 0 saturated carbocycles. The Bertz CT molecular complexity index is 1220. The first-order chi connectivity index (χ1) is 13.0. The van der Waals surface area contributed by atoms with E-state index in [1.165, 1.54) is 6.07 Å². The topological polar surface area (TPSA) is 77.1 Å². The fourth-order valence-corrected chi connectivity index (χ4v) is 2.97. The van der Waals surface area contributed by atoms with Crippen molar-refractivity contribution in [1.29, 1.82) is 0 Å². The summed E-state index contributed by atoms with van der Waals surface area (Å²) in [6, 6.07) is 17.6. The molecule has 4 rings (SSSR count). The standard InChI is InChI=1S/C21H17N3O3/c1-13-7-3-5-9-16(13)24-20(11-14(2)23-24)22-21(26)19-12-17(25)15-8-4-6-10-18(15)27-19/h3-12H,1-2H3,(H,22,26). The summed E-state index contributed by atoms with van der Waals surface area (Å²) < 4.78 is 7.28. The second-order valence-corrected chi connectivity index (χ2v) is 6.29. The summed E-state index contributed by atoms with van der Waals surface area (Å²) in [5, 5.41) is 7.70. The highest BCUT2D eigenvalue weighted by atomic mass is 16.3. The molecule has 1 amide bonds. The summed E-state index contributed by atoms with van der Waals surface area (Å²) in [6.45, 7) is 3.82. The zero-order valence-electron chi connectivity index (χ0n) is 14.9. The van der Waals surface area contributed by atoms with Crippen LogP contribution in [0.15, 0.2) is 69.9 Å². The molecule has 0 aliphatic rings. The molecule has 0 atom stereocenters. The van der Waals surface area contributed by atoms with E-state index in [4.69, 9.17) is 4.42 Å². The predicted molar refractivity (Wildman–Crippen MR) is 103 cm³/mol. The molecule has 6 heteroatoms. The molecule has 2 aromatic heterocycles. The van der Waals surface area contributed by atoms with Gasteiger partial charge >= 0.3 is 0 Å². The van der Waals surface area contributed by atoms with Gasteiger partial charge in [0, 0.05) is 12.1 Å². The lowest BCUT2D eigenvalue weighted by atomic mass is 10.2. The van der Waals surface area contributed by atoms with Crippen LogP contribution in [0.1, 0.15) is 21.8 Å². The first-order valence-corrected chi connectivity index (χ1v) is 8.50. The van der Waals surface area contributed by atoms with Crippen molar-refractivity contribution >= 4 is 22.7 Å². The number of benzene rings is 2. The van der Waals surface area contributed by atoms with E-state index in [0.29, 0.717) is 16.8 Å². The van der Waals surface area contributed by atoms with E-state index in [9.17, 15) is 9.59 Å². The van der Waals surface area contributed by atoms with Gasteiger partial charge in [-0.05, 0) is 37.6 Å². The minimum Gasteiger partial charge on any atom is -0.451 e. The number of amides is 1. The van der Waals surface area contributed by atoms with E-state index in [2.05, 4.69) is 10.4 Å². The molecule has 27 heavy (non-hydrogen) atoms. The van der Waals surface area contributed by atoms with Gasteiger partial charge in [0.25, 0.3) is 5.91 Å². The Morgan fingerprint density at radius 1 is 1.04 bits per heavy atom. The zero-order valence-corrected chi connectivity index (χ0v) is 14.9. The predicted octanol–water partition coefficient (Wildman–Crippen LogP) is 3.85. The van der Waals surface area contributed by atoms with Crippen LogP contribution in [0.4, 0.5) is 5.82 Å². The van der Waals surface area contributed by atoms with Crippen LogP contribution >= 0.6 is 0 Å². The molecular formula is C21H17N3O3. The monoisotopic (exact) mass is 359 g/mol. The second kappa shape index (κ2) is 6.57. The van der Waals surface area contributed by atoms with Gasteiger partial charge in [-0.25, -0.2) is 4.68 Å². The van der Waals surface area contributed by atoms with Crippen LogP contribution in [0, 0.1) is 13.8 Å². The largest absolute Gasteiger partial charge is 0.451 e. The molecule has 0 radical (unpaired) electrons. The SMILES string of the molecule is Cc1cc(NC(=O)c2cc(=O)c3ccccc3o2)n(-c2ccccc2C)n1. The van der Waals surface area contributed by atoms with Crippen molar-refractivity contribution in [3.05, 3.63) is 87.9 Å². The number of aromatic nitrogens is 2. The third-order valence-electron chi connectivity index (χ3n) is 4.28. The maximum absolute atomic E-state index is 12.7. The number of nitrogens with one attached hydrogen (secondary N) is 1. The maximum Gasteiger partial charge on any atom is 0.292 e. The molecule has 0 unspecified atom stereocenters. The number of hydrogen-bond donors (Lipinski definition) is 1. The summed E-state index contributed by atoms with van der Waals surface area (Å²) in [7, 11) is 0. The Labute approximate surface area is 155 Å². The number of hydrogen-bond acceptors (Lipinski definition) is 4. The van der Waals surface area contributed by atoms with Gasteiger partial charge in [-0.15, -0.1) is 0 Å². The summed E-state index contributed by atoms with van der Waals surface area (Å²) in [5.41, 5.74) is 2.76. The van der Waals surface area contributed by atoms with Crippen LogP contribution < -0.4 is 10.7 Å². The summed E-state index contributed by atoms with van der Waals surface area (Å²) in [4.78, 5) is 24.9. The van der Waals surface area contributed by atoms with Gasteiger partial charge in [0.05, 0.1) is 16.8 Å². The van der Waals surface area contributed by atoms with E-state index < -0.39 is 5.91 Å². The third kappa shape index (κ3) is 3.13. The minimum absolute atomic E-state index is 0.0473. The molecule has 6 nitrogen and oxygen atoms in total. The van der Waals surface area contributed by atoms with Crippen molar-refractivity contribution in [3.8, 4) is 5.69 Å². The van der Waals surface area contributed by atoms with Gasteiger partial charge in [-0.3, -0.25) is 9.59 Å². The van der Waals surface area contributed by atoms with Crippen LogP contribution in [0.25, 0.3) is 16.7 Å². The smallest absolute Gasteiger partial charge is 0.292 e. The molecule has 0 spiro atoms. The minimum atomic E-state index is -0.507. The molecule has 4 aromatic rings. The fraction of sp³-hybridized carbons (Fsp3) is 0.0952. The molecule has 0 aliphatic heterocycles. The first kappa shape index (κ1) is 16.8. The average molecular weight is 359 g/mol. The first-order valence-electron chi connectivity index (χ1n) is 8.50. The highest BCUT2D eigenvalue weighted by Crippen LogP contribution is 2.21. The average Bonchev–Trinajstić information content (AvgIpc) is 3.02. The van der Waals surface area contributed by atoms with Gasteiger partial charge in [0.2, 0.25) is 0 Å². The van der Waals surface area contributed by atoms with Gasteiger partial charge in [-0.2, -0.15) is 5.10 Å². The summed E-state index contributed by atoms with van der Waals surface area (Å²) >= 11 is 0. The van der Waals surface area contributed by atoms with E-state index in [-0.39, 0.29) is 11.2 Å². The van der Waals surface area contributed by atoms with Gasteiger partial charge in [0.15, 0.2) is 11.2 Å². The second-order valence-electron chi connectivity index (χ2n) is 6.29. The number of nitrogens with zero attached hydrogens (tertiary/aromatic N) is 2. The Morgan fingerprint density at radius 3 is 2.59 bits per heavy atom. The van der Waals surface area contributed by atoms with Crippen molar-refractivity contribution < 1.29 is 9.21 Å². The third-order valence-corrected chi connectivity index (χ3v) is 4.28. The molecule has 1 N–H and O–H groups in total. The number of rotatable bonds is 3. The maximum atomic E-state index is 12.7. The Morgan fingerprint density at radius 2 is 1.78 bits per heavy atom. The molecule has 0 bridgehead atoms. The van der Waals surface area contributed by atoms with Crippen LogP contribution in [0.5, 0.6) is 0 Å². The normalized spacial score (nSPS) is 10.9. The van der Waals surface area contributed by atoms with E-state index in [0.717, 1.165) is 16.9 Å². The van der Waals surface area contributed by atoms with Crippen LogP contribution in [-0.2, 0) is 0 Å². The highest BCUT2D eigenvalue weighted by molar-refractivity contribution is 6.02. The molecule has 0 saturated heterocycles. The Hall–Kier alpha value is -3.67. The number of fused-ring (bicyclic) bond motifs is 1. The molecule has 0 fully saturated rings. The summed E-state index contributed by atoms with van der Waals surface area (Å²) in [5.74, 6) is -0.0518. The van der Waals surface area contributed by atoms with Gasteiger partial charge in [0.1, 0.15) is 11.4 Å². The van der Waals surface area contributed by atoms with Crippen LogP contribution in [0.2, 0.25) is 0 Å². The van der Waals surface area contributed by atoms with E-state index in [1.807, 2.05) is 38.1 Å². The van der Waals surface area contributed by atoms with Crippen molar-refractivity contribution in [2.45, 2.75) is 13.8 Å². The number of para-hydroxylation sites is 2. The molecular weight excluding hydrogens is 342 g/mol. The van der Waals surface area contributed by atoms with Crippen LogP contribution in [0.3, 0.4) is 0 Å². The van der Waals surface area contributed by atoms with Crippen molar-refractivity contribution in [2.24, 2.45) is 0 Å². The van der Waals surface area contributed by atoms with Gasteiger partial charge < -0.3 is 9.73 Å². The van der Waals surface area contributed by atoms with E-state index >= 15 is 0 Å². The highest BCUT2D eigenvalue weighted by Gasteiger charge is 2.16. The molecule has 0 aliphatic carbocycles. The molecule has 2 heterocycles. The summed E-state index contributed by atoms with van der Waals surface area (Å²) in [6.07, 6.45) is 0. The number of aryl methyl sites for hydroxylation is 2. The van der Waals surface area contributed by atoms with Crippen molar-refractivity contribution in [3.63, 3.8) is 0 Å². The number of anilines is 1. The quantitative estimate of drug-likeness (QED) is 0.603. The lowest BCUT2D eigenvalue weighted by Gasteiger charge is -2.11. The molecule has 134 valence electrons. The Balaban J connectivity index is 1.72.